The quantitative estimate of drug-likeness (QED) is 0.291. The number of anilines is 2. The highest BCUT2D eigenvalue weighted by atomic mass is 16.2. The van der Waals surface area contributed by atoms with Gasteiger partial charge < -0.3 is 0 Å². The summed E-state index contributed by atoms with van der Waals surface area (Å²) in [5.74, 6) is -1.49. The Morgan fingerprint density at radius 3 is 0.974 bits per heavy atom. The normalized spacial score (nSPS) is 14.5. The Balaban J connectivity index is 1.83. The average Bonchev–Trinajstić information content (AvgIpc) is 3.40. The van der Waals surface area contributed by atoms with Crippen LogP contribution in [0.1, 0.15) is 33.4 Å². The Bertz CT molecular complexity index is 1280. The number of carbonyl (C=O) groups is 4. The van der Waals surface area contributed by atoms with Gasteiger partial charge in [-0.25, -0.2) is 9.80 Å². The third-order valence-electron chi connectivity index (χ3n) is 6.59. The molecule has 0 aliphatic carbocycles. The molecule has 0 aromatic heterocycles. The zero-order chi connectivity index (χ0) is 28.1. The molecular weight excluding hydrogens is 488 g/mol. The number of carbonyl (C=O) groups excluding carboxylic acids is 4. The molecule has 0 saturated carbocycles. The van der Waals surface area contributed by atoms with Crippen molar-refractivity contribution in [2.45, 2.75) is 32.1 Å². The minimum Gasteiger partial charge on any atom is -0.269 e. The van der Waals surface area contributed by atoms with E-state index in [0.29, 0.717) is 43.5 Å². The smallest absolute Gasteiger partial charge is 0.258 e. The molecule has 2 heterocycles. The largest absolute Gasteiger partial charge is 0.269 e. The van der Waals surface area contributed by atoms with Gasteiger partial charge in [-0.15, -0.1) is 26.3 Å². The summed E-state index contributed by atoms with van der Waals surface area (Å²) in [5, 5.41) is 0. The van der Waals surface area contributed by atoms with Crippen LogP contribution in [0.4, 0.5) is 11.4 Å². The monoisotopic (exact) mass is 518 g/mol. The lowest BCUT2D eigenvalue weighted by atomic mass is 9.91. The molecule has 4 rings (SSSR count). The SMILES string of the molecule is C=CCc1cc(Cc2cc(CC=C)c(N3C(=O)C=CC3=O)c(CC=C)c2)cc(CC=C)c1N1C(=O)C=CC1=O. The highest BCUT2D eigenvalue weighted by Crippen LogP contribution is 2.35. The fourth-order valence-corrected chi connectivity index (χ4v) is 5.16. The molecule has 0 bridgehead atoms. The highest BCUT2D eigenvalue weighted by Gasteiger charge is 2.31. The Kier molecular flexibility index (Phi) is 8.15. The minimum absolute atomic E-state index is 0.373. The van der Waals surface area contributed by atoms with Gasteiger partial charge in [-0.05, 0) is 65.5 Å². The van der Waals surface area contributed by atoms with E-state index in [1.807, 2.05) is 24.3 Å². The summed E-state index contributed by atoms with van der Waals surface area (Å²) >= 11 is 0. The van der Waals surface area contributed by atoms with E-state index < -0.39 is 0 Å². The van der Waals surface area contributed by atoms with Crippen molar-refractivity contribution in [3.05, 3.63) is 133 Å². The average molecular weight is 519 g/mol. The molecule has 0 unspecified atom stereocenters. The lowest BCUT2D eigenvalue weighted by Crippen LogP contribution is -2.32. The van der Waals surface area contributed by atoms with Gasteiger partial charge >= 0.3 is 0 Å². The zero-order valence-electron chi connectivity index (χ0n) is 21.8. The second kappa shape index (κ2) is 11.7. The fraction of sp³-hybridized carbons (Fsp3) is 0.152. The van der Waals surface area contributed by atoms with E-state index in [1.165, 1.54) is 34.1 Å². The number of imide groups is 2. The van der Waals surface area contributed by atoms with Crippen molar-refractivity contribution in [2.24, 2.45) is 0 Å². The molecule has 2 aromatic carbocycles. The number of rotatable bonds is 12. The van der Waals surface area contributed by atoms with Crippen LogP contribution >= 0.6 is 0 Å². The zero-order valence-corrected chi connectivity index (χ0v) is 21.8. The van der Waals surface area contributed by atoms with Crippen LogP contribution in [0, 0.1) is 0 Å². The first-order valence-electron chi connectivity index (χ1n) is 12.7. The molecule has 0 atom stereocenters. The predicted molar refractivity (Wildman–Crippen MR) is 155 cm³/mol. The molecule has 196 valence electrons. The first-order valence-corrected chi connectivity index (χ1v) is 12.7. The predicted octanol–water partition coefficient (Wildman–Crippen LogP) is 5.05. The van der Waals surface area contributed by atoms with E-state index in [9.17, 15) is 19.2 Å². The van der Waals surface area contributed by atoms with Gasteiger partial charge in [-0.3, -0.25) is 19.2 Å². The molecule has 4 amide bonds. The summed E-state index contributed by atoms with van der Waals surface area (Å²) in [6.45, 7) is 15.5. The van der Waals surface area contributed by atoms with E-state index in [-0.39, 0.29) is 23.6 Å². The van der Waals surface area contributed by atoms with Crippen LogP contribution in [-0.4, -0.2) is 23.6 Å². The molecule has 0 fully saturated rings. The Morgan fingerprint density at radius 2 is 0.744 bits per heavy atom. The van der Waals surface area contributed by atoms with Crippen LogP contribution in [-0.2, 0) is 51.3 Å². The first kappa shape index (κ1) is 27.2. The molecule has 0 spiro atoms. The molecule has 2 aliphatic heterocycles. The standard InChI is InChI=1S/C33H30N2O4/c1-5-9-24-18-22(19-25(10-6-2)32(24)34-28(36)13-14-29(34)37)17-23-20-26(11-7-3)33(27(21-23)12-8-4)35-30(38)15-16-31(35)39/h5-8,13-16,18-21H,1-4,9-12,17H2. The molecule has 6 nitrogen and oxygen atoms in total. The summed E-state index contributed by atoms with van der Waals surface area (Å²) in [7, 11) is 0. The number of hydrogen-bond donors (Lipinski definition) is 0. The van der Waals surface area contributed by atoms with E-state index in [0.717, 1.165) is 33.4 Å². The molecule has 0 radical (unpaired) electrons. The van der Waals surface area contributed by atoms with E-state index in [1.54, 1.807) is 24.3 Å². The van der Waals surface area contributed by atoms with Crippen molar-refractivity contribution in [1.29, 1.82) is 0 Å². The van der Waals surface area contributed by atoms with Crippen molar-refractivity contribution < 1.29 is 19.2 Å². The van der Waals surface area contributed by atoms with Crippen molar-refractivity contribution in [1.82, 2.24) is 0 Å². The second-order valence-corrected chi connectivity index (χ2v) is 9.36. The number of hydrogen-bond acceptors (Lipinski definition) is 4. The van der Waals surface area contributed by atoms with Crippen molar-refractivity contribution in [3.63, 3.8) is 0 Å². The van der Waals surface area contributed by atoms with Crippen molar-refractivity contribution in [2.75, 3.05) is 9.80 Å². The fourth-order valence-electron chi connectivity index (χ4n) is 5.16. The van der Waals surface area contributed by atoms with Gasteiger partial charge in [0.2, 0.25) is 0 Å². The van der Waals surface area contributed by atoms with E-state index in [4.69, 9.17) is 0 Å². The summed E-state index contributed by atoms with van der Waals surface area (Å²) in [4.78, 5) is 52.6. The molecule has 0 saturated heterocycles. The maximum atomic E-state index is 12.6. The minimum atomic E-state index is -0.373. The van der Waals surface area contributed by atoms with Crippen molar-refractivity contribution in [3.8, 4) is 0 Å². The molecular formula is C33H30N2O4. The summed E-state index contributed by atoms with van der Waals surface area (Å²) in [6, 6.07) is 7.98. The molecule has 39 heavy (non-hydrogen) atoms. The van der Waals surface area contributed by atoms with E-state index >= 15 is 0 Å². The van der Waals surface area contributed by atoms with Crippen LogP contribution in [0.3, 0.4) is 0 Å². The number of benzene rings is 2. The molecule has 0 N–H and O–H groups in total. The van der Waals surface area contributed by atoms with Gasteiger partial charge in [0.05, 0.1) is 11.4 Å². The third kappa shape index (κ3) is 5.41. The Hall–Kier alpha value is -4.84. The van der Waals surface area contributed by atoms with Crippen LogP contribution in [0.5, 0.6) is 0 Å². The lowest BCUT2D eigenvalue weighted by molar-refractivity contribution is -0.121. The maximum Gasteiger partial charge on any atom is 0.258 e. The number of amides is 4. The Morgan fingerprint density at radius 1 is 0.487 bits per heavy atom. The summed E-state index contributed by atoms with van der Waals surface area (Å²) in [5.41, 5.74) is 6.39. The second-order valence-electron chi connectivity index (χ2n) is 9.36. The van der Waals surface area contributed by atoms with Crippen LogP contribution < -0.4 is 9.80 Å². The van der Waals surface area contributed by atoms with Gasteiger partial charge in [-0.2, -0.15) is 0 Å². The summed E-state index contributed by atoms with van der Waals surface area (Å²) in [6.07, 6.45) is 14.5. The van der Waals surface area contributed by atoms with Gasteiger partial charge in [0, 0.05) is 24.3 Å². The van der Waals surface area contributed by atoms with Crippen molar-refractivity contribution >= 4 is 35.0 Å². The van der Waals surface area contributed by atoms with Crippen LogP contribution in [0.2, 0.25) is 0 Å². The first-order chi connectivity index (χ1) is 18.8. The van der Waals surface area contributed by atoms with Gasteiger partial charge in [0.25, 0.3) is 23.6 Å². The van der Waals surface area contributed by atoms with Gasteiger partial charge in [0.15, 0.2) is 0 Å². The van der Waals surface area contributed by atoms with Crippen LogP contribution in [0.15, 0.2) is 99.2 Å². The molecule has 2 aliphatic rings. The lowest BCUT2D eigenvalue weighted by Gasteiger charge is -2.24. The van der Waals surface area contributed by atoms with E-state index in [2.05, 4.69) is 26.3 Å². The maximum absolute atomic E-state index is 12.6. The number of nitrogens with zero attached hydrogens (tertiary/aromatic N) is 2. The topological polar surface area (TPSA) is 74.8 Å². The van der Waals surface area contributed by atoms with Gasteiger partial charge in [0.1, 0.15) is 0 Å². The van der Waals surface area contributed by atoms with Crippen LogP contribution in [0.25, 0.3) is 0 Å². The third-order valence-corrected chi connectivity index (χ3v) is 6.59. The summed E-state index contributed by atoms with van der Waals surface area (Å²) < 4.78 is 0. The Labute approximate surface area is 228 Å². The highest BCUT2D eigenvalue weighted by molar-refractivity contribution is 6.29. The number of allylic oxidation sites excluding steroid dienone is 4. The molecule has 2 aromatic rings. The van der Waals surface area contributed by atoms with Gasteiger partial charge in [-0.1, -0.05) is 48.6 Å². The molecule has 6 heteroatoms.